The molecule has 4 rings (SSSR count). The molecule has 0 aromatic heterocycles. The fraction of sp³-hybridized carbons (Fsp3) is 0.217. The molecule has 0 bridgehead atoms. The molecule has 0 amide bonds. The second-order valence-electron chi connectivity index (χ2n) is 7.14. The van der Waals surface area contributed by atoms with Gasteiger partial charge in [-0.05, 0) is 54.0 Å². The minimum Gasteiger partial charge on any atom is -0.497 e. The number of methoxy groups -OCH3 is 1. The molecule has 3 nitrogen and oxygen atoms in total. The number of benzene rings is 3. The summed E-state index contributed by atoms with van der Waals surface area (Å²) < 4.78 is 11.4. The van der Waals surface area contributed by atoms with Crippen LogP contribution in [0.4, 0.5) is 0 Å². The first kappa shape index (κ1) is 16.7. The van der Waals surface area contributed by atoms with Crippen molar-refractivity contribution in [1.29, 1.82) is 0 Å². The van der Waals surface area contributed by atoms with Gasteiger partial charge in [0.25, 0.3) is 0 Å². The van der Waals surface area contributed by atoms with E-state index >= 15 is 0 Å². The van der Waals surface area contributed by atoms with Crippen LogP contribution in [-0.4, -0.2) is 17.8 Å². The molecule has 0 fully saturated rings. The topological polar surface area (TPSA) is 38.7 Å². The number of aliphatic hydroxyl groups is 1. The Bertz CT molecular complexity index is 996. The molecule has 0 saturated heterocycles. The van der Waals surface area contributed by atoms with Crippen molar-refractivity contribution < 1.29 is 14.6 Å². The molecule has 0 spiro atoms. The number of hydrogen-bond acceptors (Lipinski definition) is 3. The maximum Gasteiger partial charge on any atom is 0.131 e. The summed E-state index contributed by atoms with van der Waals surface area (Å²) in [5, 5.41) is 13.5. The van der Waals surface area contributed by atoms with Crippen LogP contribution in [0.1, 0.15) is 31.1 Å². The molecular weight excluding hydrogens is 324 g/mol. The summed E-state index contributed by atoms with van der Waals surface area (Å²) in [5.41, 5.74) is 2.13. The number of ether oxygens (including phenoxy) is 2. The van der Waals surface area contributed by atoms with Gasteiger partial charge in [0.15, 0.2) is 0 Å². The van der Waals surface area contributed by atoms with E-state index in [-0.39, 0.29) is 0 Å². The minimum absolute atomic E-state index is 0.514. The maximum absolute atomic E-state index is 11.3. The second-order valence-corrected chi connectivity index (χ2v) is 7.14. The normalized spacial score (nSPS) is 16.4. The third-order valence-corrected chi connectivity index (χ3v) is 4.79. The molecule has 1 atom stereocenters. The lowest BCUT2D eigenvalue weighted by Crippen LogP contribution is -2.30. The van der Waals surface area contributed by atoms with E-state index in [1.54, 1.807) is 7.11 Å². The highest BCUT2D eigenvalue weighted by Gasteiger charge is 2.31. The number of rotatable bonds is 3. The monoisotopic (exact) mass is 346 g/mol. The standard InChI is InChI=1S/C23H22O3/c1-23(2)14-20(18-12-11-16(25-3)13-21(18)26-23)22(24)19-10-6-8-15-7-4-5-9-17(15)19/h4-14,22,24H,1-3H3. The SMILES string of the molecule is COc1ccc2c(c1)OC(C)(C)C=C2C(O)c1cccc2ccccc12. The van der Waals surface area contributed by atoms with Crippen molar-refractivity contribution in [3.05, 3.63) is 77.9 Å². The first-order chi connectivity index (χ1) is 12.5. The Kier molecular flexibility index (Phi) is 3.97. The smallest absolute Gasteiger partial charge is 0.131 e. The van der Waals surface area contributed by atoms with Crippen molar-refractivity contribution >= 4 is 16.3 Å². The highest BCUT2D eigenvalue weighted by Crippen LogP contribution is 2.44. The summed E-state index contributed by atoms with van der Waals surface area (Å²) in [6.45, 7) is 3.98. The van der Waals surface area contributed by atoms with E-state index in [4.69, 9.17) is 9.47 Å². The lowest BCUT2D eigenvalue weighted by Gasteiger charge is -2.33. The molecule has 1 aliphatic rings. The minimum atomic E-state index is -0.739. The Labute approximate surface area is 153 Å². The molecule has 0 saturated carbocycles. The van der Waals surface area contributed by atoms with E-state index < -0.39 is 11.7 Å². The molecule has 1 unspecified atom stereocenters. The molecule has 132 valence electrons. The Morgan fingerprint density at radius 2 is 1.77 bits per heavy atom. The van der Waals surface area contributed by atoms with Crippen LogP contribution in [0.2, 0.25) is 0 Å². The lowest BCUT2D eigenvalue weighted by molar-refractivity contribution is 0.152. The van der Waals surface area contributed by atoms with Gasteiger partial charge >= 0.3 is 0 Å². The lowest BCUT2D eigenvalue weighted by atomic mass is 9.87. The first-order valence-electron chi connectivity index (χ1n) is 8.74. The Hall–Kier alpha value is -2.78. The fourth-order valence-corrected chi connectivity index (χ4v) is 3.60. The van der Waals surface area contributed by atoms with Crippen LogP contribution < -0.4 is 9.47 Å². The summed E-state index contributed by atoms with van der Waals surface area (Å²) in [4.78, 5) is 0. The van der Waals surface area contributed by atoms with Crippen molar-refractivity contribution in [3.63, 3.8) is 0 Å². The average Bonchev–Trinajstić information content (AvgIpc) is 2.65. The molecule has 0 aliphatic carbocycles. The zero-order chi connectivity index (χ0) is 18.3. The van der Waals surface area contributed by atoms with Crippen LogP contribution in [0.25, 0.3) is 16.3 Å². The van der Waals surface area contributed by atoms with E-state index in [0.717, 1.165) is 39.0 Å². The van der Waals surface area contributed by atoms with Crippen LogP contribution in [0.15, 0.2) is 66.7 Å². The third kappa shape index (κ3) is 2.85. The van der Waals surface area contributed by atoms with Gasteiger partial charge in [-0.15, -0.1) is 0 Å². The van der Waals surface area contributed by atoms with E-state index in [0.29, 0.717) is 0 Å². The van der Waals surface area contributed by atoms with Gasteiger partial charge in [0.2, 0.25) is 0 Å². The van der Waals surface area contributed by atoms with E-state index in [1.165, 1.54) is 0 Å². The molecule has 1 heterocycles. The highest BCUT2D eigenvalue weighted by atomic mass is 16.5. The molecule has 1 aliphatic heterocycles. The van der Waals surface area contributed by atoms with Crippen molar-refractivity contribution in [2.75, 3.05) is 7.11 Å². The molecule has 3 aromatic rings. The van der Waals surface area contributed by atoms with Crippen LogP contribution in [0.5, 0.6) is 11.5 Å². The molecular formula is C23H22O3. The van der Waals surface area contributed by atoms with Crippen LogP contribution >= 0.6 is 0 Å². The van der Waals surface area contributed by atoms with Crippen molar-refractivity contribution in [3.8, 4) is 11.5 Å². The maximum atomic E-state index is 11.3. The molecule has 3 aromatic carbocycles. The molecule has 0 radical (unpaired) electrons. The summed E-state index contributed by atoms with van der Waals surface area (Å²) in [6, 6.07) is 19.9. The summed E-state index contributed by atoms with van der Waals surface area (Å²) in [7, 11) is 1.64. The van der Waals surface area contributed by atoms with Gasteiger partial charge in [0, 0.05) is 11.6 Å². The largest absolute Gasteiger partial charge is 0.497 e. The van der Waals surface area contributed by atoms with E-state index in [9.17, 15) is 5.11 Å². The van der Waals surface area contributed by atoms with Crippen LogP contribution in [0.3, 0.4) is 0 Å². The van der Waals surface area contributed by atoms with Gasteiger partial charge in [-0.1, -0.05) is 42.5 Å². The zero-order valence-electron chi connectivity index (χ0n) is 15.2. The number of aliphatic hydroxyl groups excluding tert-OH is 1. The first-order valence-corrected chi connectivity index (χ1v) is 8.74. The zero-order valence-corrected chi connectivity index (χ0v) is 15.2. The van der Waals surface area contributed by atoms with Crippen molar-refractivity contribution in [1.82, 2.24) is 0 Å². The molecule has 26 heavy (non-hydrogen) atoms. The van der Waals surface area contributed by atoms with Crippen molar-refractivity contribution in [2.45, 2.75) is 25.6 Å². The molecule has 1 N–H and O–H groups in total. The van der Waals surface area contributed by atoms with Crippen LogP contribution in [0, 0.1) is 0 Å². The Morgan fingerprint density at radius 1 is 1.00 bits per heavy atom. The van der Waals surface area contributed by atoms with Gasteiger partial charge in [-0.2, -0.15) is 0 Å². The predicted molar refractivity (Wildman–Crippen MR) is 105 cm³/mol. The second kappa shape index (κ2) is 6.19. The van der Waals surface area contributed by atoms with Gasteiger partial charge in [-0.25, -0.2) is 0 Å². The number of fused-ring (bicyclic) bond motifs is 2. The van der Waals surface area contributed by atoms with Crippen LogP contribution in [-0.2, 0) is 0 Å². The summed E-state index contributed by atoms with van der Waals surface area (Å²) in [6.07, 6.45) is 1.27. The molecule has 3 heteroatoms. The van der Waals surface area contributed by atoms with E-state index in [2.05, 4.69) is 12.1 Å². The van der Waals surface area contributed by atoms with Gasteiger partial charge in [-0.3, -0.25) is 0 Å². The number of hydrogen-bond donors (Lipinski definition) is 1. The fourth-order valence-electron chi connectivity index (χ4n) is 3.60. The summed E-state index contributed by atoms with van der Waals surface area (Å²) in [5.74, 6) is 1.46. The summed E-state index contributed by atoms with van der Waals surface area (Å²) >= 11 is 0. The highest BCUT2D eigenvalue weighted by molar-refractivity contribution is 5.89. The van der Waals surface area contributed by atoms with Gasteiger partial charge < -0.3 is 14.6 Å². The van der Waals surface area contributed by atoms with Crippen molar-refractivity contribution in [2.24, 2.45) is 0 Å². The Balaban J connectivity index is 1.87. The quantitative estimate of drug-likeness (QED) is 0.714. The van der Waals surface area contributed by atoms with Gasteiger partial charge in [0.1, 0.15) is 23.2 Å². The average molecular weight is 346 g/mol. The predicted octanol–water partition coefficient (Wildman–Crippen LogP) is 5.14. The van der Waals surface area contributed by atoms with E-state index in [1.807, 2.05) is 68.5 Å². The van der Waals surface area contributed by atoms with Gasteiger partial charge in [0.05, 0.1) is 7.11 Å². The Morgan fingerprint density at radius 3 is 2.58 bits per heavy atom. The third-order valence-electron chi connectivity index (χ3n) is 4.79.